The Hall–Kier alpha value is -2.47. The molecule has 114 valence electrons. The highest BCUT2D eigenvalue weighted by Gasteiger charge is 2.29. The fourth-order valence-electron chi connectivity index (χ4n) is 2.68. The van der Waals surface area contributed by atoms with E-state index in [-0.39, 0.29) is 17.8 Å². The van der Waals surface area contributed by atoms with Gasteiger partial charge in [0.1, 0.15) is 17.3 Å². The third kappa shape index (κ3) is 2.92. The Bertz CT molecular complexity index is 691. The molecule has 3 N–H and O–H groups in total. The van der Waals surface area contributed by atoms with E-state index in [1.54, 1.807) is 29.2 Å². The minimum atomic E-state index is -0.308. The molecule has 1 unspecified atom stereocenters. The molecule has 5 nitrogen and oxygen atoms in total. The van der Waals surface area contributed by atoms with Crippen LogP contribution in [-0.4, -0.2) is 35.4 Å². The zero-order valence-electron chi connectivity index (χ0n) is 12.0. The maximum atomic E-state index is 13.5. The van der Waals surface area contributed by atoms with Crippen molar-refractivity contribution >= 4 is 11.7 Å². The highest BCUT2D eigenvalue weighted by atomic mass is 19.1. The first-order valence-electron chi connectivity index (χ1n) is 7.15. The second kappa shape index (κ2) is 6.11. The highest BCUT2D eigenvalue weighted by Crippen LogP contribution is 2.24. The Morgan fingerprint density at radius 2 is 2.14 bits per heavy atom. The molecule has 0 radical (unpaired) electrons. The van der Waals surface area contributed by atoms with Crippen LogP contribution in [0.15, 0.2) is 42.5 Å². The average molecular weight is 300 g/mol. The van der Waals surface area contributed by atoms with Gasteiger partial charge in [-0.05, 0) is 29.8 Å². The van der Waals surface area contributed by atoms with Gasteiger partial charge in [-0.2, -0.15) is 0 Å². The van der Waals surface area contributed by atoms with Crippen LogP contribution in [0.1, 0.15) is 22.1 Å². The molecule has 6 heteroatoms. The summed E-state index contributed by atoms with van der Waals surface area (Å²) in [6.07, 6.45) is 0. The lowest BCUT2D eigenvalue weighted by atomic mass is 10.0. The predicted molar refractivity (Wildman–Crippen MR) is 81.7 cm³/mol. The first kappa shape index (κ1) is 14.5. The Balaban J connectivity index is 1.91. The van der Waals surface area contributed by atoms with Crippen LogP contribution in [0.25, 0.3) is 0 Å². The van der Waals surface area contributed by atoms with E-state index in [1.165, 1.54) is 12.1 Å². The molecule has 0 bridgehead atoms. The Labute approximate surface area is 128 Å². The summed E-state index contributed by atoms with van der Waals surface area (Å²) in [6, 6.07) is 11.1. The number of pyridine rings is 1. The van der Waals surface area contributed by atoms with Crippen molar-refractivity contribution in [1.82, 2.24) is 15.2 Å². The number of halogens is 1. The number of anilines is 1. The Kier molecular flexibility index (Phi) is 4.02. The summed E-state index contributed by atoms with van der Waals surface area (Å²) in [4.78, 5) is 18.5. The lowest BCUT2D eigenvalue weighted by Gasteiger charge is -2.36. The van der Waals surface area contributed by atoms with E-state index in [0.717, 1.165) is 5.56 Å². The van der Waals surface area contributed by atoms with Gasteiger partial charge in [-0.1, -0.05) is 18.2 Å². The van der Waals surface area contributed by atoms with Crippen molar-refractivity contribution in [2.45, 2.75) is 6.04 Å². The number of nitrogens with one attached hydrogen (secondary N) is 1. The highest BCUT2D eigenvalue weighted by molar-refractivity contribution is 5.93. The molecular weight excluding hydrogens is 283 g/mol. The van der Waals surface area contributed by atoms with Crippen LogP contribution in [0.3, 0.4) is 0 Å². The van der Waals surface area contributed by atoms with Crippen LogP contribution >= 0.6 is 0 Å². The first-order valence-corrected chi connectivity index (χ1v) is 7.15. The smallest absolute Gasteiger partial charge is 0.273 e. The third-order valence-electron chi connectivity index (χ3n) is 3.73. The summed E-state index contributed by atoms with van der Waals surface area (Å²) in [6.45, 7) is 1.81. The second-order valence-electron chi connectivity index (χ2n) is 5.22. The van der Waals surface area contributed by atoms with Gasteiger partial charge in [0.2, 0.25) is 0 Å². The molecule has 2 heterocycles. The number of hydrogen-bond acceptors (Lipinski definition) is 4. The molecule has 0 saturated carbocycles. The van der Waals surface area contributed by atoms with Crippen LogP contribution in [0, 0.1) is 5.82 Å². The zero-order chi connectivity index (χ0) is 15.5. The molecule has 22 heavy (non-hydrogen) atoms. The molecule has 1 aliphatic rings. The second-order valence-corrected chi connectivity index (χ2v) is 5.22. The quantitative estimate of drug-likeness (QED) is 0.883. The SMILES string of the molecule is Nc1cccc(C(=O)N2CCNCC2c2cccc(F)c2)n1. The molecule has 3 rings (SSSR count). The van der Waals surface area contributed by atoms with Crippen LogP contribution in [0.2, 0.25) is 0 Å². The monoisotopic (exact) mass is 300 g/mol. The number of benzene rings is 1. The van der Waals surface area contributed by atoms with Crippen LogP contribution < -0.4 is 11.1 Å². The Morgan fingerprint density at radius 3 is 2.91 bits per heavy atom. The first-order chi connectivity index (χ1) is 10.6. The zero-order valence-corrected chi connectivity index (χ0v) is 12.0. The van der Waals surface area contributed by atoms with Gasteiger partial charge < -0.3 is 16.0 Å². The number of carbonyl (C=O) groups excluding carboxylic acids is 1. The number of amides is 1. The number of nitrogen functional groups attached to an aromatic ring is 1. The van der Waals surface area contributed by atoms with Gasteiger partial charge in [0.25, 0.3) is 5.91 Å². The number of carbonyl (C=O) groups is 1. The normalized spacial score (nSPS) is 18.2. The van der Waals surface area contributed by atoms with Gasteiger partial charge in [0.15, 0.2) is 0 Å². The van der Waals surface area contributed by atoms with E-state index in [0.29, 0.717) is 31.1 Å². The van der Waals surface area contributed by atoms with Gasteiger partial charge >= 0.3 is 0 Å². The fourth-order valence-corrected chi connectivity index (χ4v) is 2.68. The lowest BCUT2D eigenvalue weighted by molar-refractivity contribution is 0.0628. The third-order valence-corrected chi connectivity index (χ3v) is 3.73. The van der Waals surface area contributed by atoms with E-state index < -0.39 is 0 Å². The summed E-state index contributed by atoms with van der Waals surface area (Å²) in [5.74, 6) is -0.191. The van der Waals surface area contributed by atoms with Gasteiger partial charge in [0.05, 0.1) is 6.04 Å². The number of aromatic nitrogens is 1. The summed E-state index contributed by atoms with van der Waals surface area (Å²) >= 11 is 0. The van der Waals surface area contributed by atoms with Crippen molar-refractivity contribution in [2.24, 2.45) is 0 Å². The molecular formula is C16H17FN4O. The van der Waals surface area contributed by atoms with Crippen molar-refractivity contribution < 1.29 is 9.18 Å². The molecule has 1 aromatic heterocycles. The van der Waals surface area contributed by atoms with Crippen molar-refractivity contribution in [3.05, 3.63) is 59.5 Å². The molecule has 1 amide bonds. The summed E-state index contributed by atoms with van der Waals surface area (Å²) in [5.41, 5.74) is 6.72. The summed E-state index contributed by atoms with van der Waals surface area (Å²) in [5, 5.41) is 3.24. The van der Waals surface area contributed by atoms with Crippen molar-refractivity contribution in [3.8, 4) is 0 Å². The van der Waals surface area contributed by atoms with Crippen molar-refractivity contribution in [3.63, 3.8) is 0 Å². The standard InChI is InChI=1S/C16H17FN4O/c17-12-4-1-3-11(9-12)14-10-19-7-8-21(14)16(22)13-5-2-6-15(18)20-13/h1-6,9,14,19H,7-8,10H2,(H2,18,20). The van der Waals surface area contributed by atoms with Crippen molar-refractivity contribution in [1.29, 1.82) is 0 Å². The maximum absolute atomic E-state index is 13.5. The topological polar surface area (TPSA) is 71.2 Å². The average Bonchev–Trinajstić information content (AvgIpc) is 2.54. The van der Waals surface area contributed by atoms with Gasteiger partial charge in [-0.25, -0.2) is 9.37 Å². The summed E-state index contributed by atoms with van der Waals surface area (Å²) in [7, 11) is 0. The number of piperazine rings is 1. The van der Waals surface area contributed by atoms with E-state index in [2.05, 4.69) is 10.3 Å². The molecule has 0 spiro atoms. The molecule has 2 aromatic rings. The van der Waals surface area contributed by atoms with E-state index in [4.69, 9.17) is 5.73 Å². The predicted octanol–water partition coefficient (Wildman–Crippen LogP) is 1.59. The minimum absolute atomic E-state index is 0.192. The van der Waals surface area contributed by atoms with Crippen LogP contribution in [0.4, 0.5) is 10.2 Å². The molecule has 1 aromatic carbocycles. The number of rotatable bonds is 2. The minimum Gasteiger partial charge on any atom is -0.384 e. The van der Waals surface area contributed by atoms with Crippen molar-refractivity contribution in [2.75, 3.05) is 25.4 Å². The fraction of sp³-hybridized carbons (Fsp3) is 0.250. The van der Waals surface area contributed by atoms with E-state index in [9.17, 15) is 9.18 Å². The van der Waals surface area contributed by atoms with Gasteiger partial charge in [-0.3, -0.25) is 4.79 Å². The number of nitrogens with two attached hydrogens (primary N) is 1. The van der Waals surface area contributed by atoms with Crippen LogP contribution in [0.5, 0.6) is 0 Å². The maximum Gasteiger partial charge on any atom is 0.273 e. The summed E-state index contributed by atoms with van der Waals surface area (Å²) < 4.78 is 13.5. The van der Waals surface area contributed by atoms with Crippen LogP contribution in [-0.2, 0) is 0 Å². The Morgan fingerprint density at radius 1 is 1.32 bits per heavy atom. The number of hydrogen-bond donors (Lipinski definition) is 2. The molecule has 1 fully saturated rings. The molecule has 1 saturated heterocycles. The molecule has 0 aliphatic carbocycles. The van der Waals surface area contributed by atoms with E-state index in [1.807, 2.05) is 6.07 Å². The molecule has 1 atom stereocenters. The van der Waals surface area contributed by atoms with E-state index >= 15 is 0 Å². The number of nitrogens with zero attached hydrogens (tertiary/aromatic N) is 2. The van der Waals surface area contributed by atoms with Gasteiger partial charge in [-0.15, -0.1) is 0 Å². The lowest BCUT2D eigenvalue weighted by Crippen LogP contribution is -2.48. The molecule has 1 aliphatic heterocycles. The van der Waals surface area contributed by atoms with Gasteiger partial charge in [0, 0.05) is 19.6 Å². The largest absolute Gasteiger partial charge is 0.384 e.